The van der Waals surface area contributed by atoms with Crippen molar-refractivity contribution in [1.29, 1.82) is 0 Å². The maximum Gasteiger partial charge on any atom is 0.418 e. The molecule has 0 spiro atoms. The highest BCUT2D eigenvalue weighted by atomic mass is 32.2. The molecule has 8 nitrogen and oxygen atoms in total. The van der Waals surface area contributed by atoms with Crippen molar-refractivity contribution in [3.05, 3.63) is 48.0 Å². The summed E-state index contributed by atoms with van der Waals surface area (Å²) in [5.41, 5.74) is -2.33. The van der Waals surface area contributed by atoms with Crippen LogP contribution in [0.1, 0.15) is 12.5 Å². The molecule has 0 fully saturated rings. The van der Waals surface area contributed by atoms with E-state index < -0.39 is 53.2 Å². The molecule has 4 N–H and O–H groups in total. The molecule has 152 valence electrons. The summed E-state index contributed by atoms with van der Waals surface area (Å²) < 4.78 is 89.3. The van der Waals surface area contributed by atoms with Gasteiger partial charge in [-0.1, -0.05) is 6.07 Å². The fraction of sp³-hybridized carbons (Fsp3) is 0.133. The van der Waals surface area contributed by atoms with E-state index in [0.29, 0.717) is 6.07 Å². The molecule has 1 amide bonds. The number of nitrogens with one attached hydrogen (secondary N) is 2. The fourth-order valence-corrected chi connectivity index (χ4v) is 3.93. The second-order valence-corrected chi connectivity index (χ2v) is 8.81. The van der Waals surface area contributed by atoms with Crippen molar-refractivity contribution in [2.24, 2.45) is 5.14 Å². The van der Waals surface area contributed by atoms with Gasteiger partial charge in [-0.05, 0) is 36.4 Å². The van der Waals surface area contributed by atoms with Gasteiger partial charge in [0.15, 0.2) is 0 Å². The zero-order chi connectivity index (χ0) is 21.3. The molecule has 0 aliphatic heterocycles. The van der Waals surface area contributed by atoms with E-state index in [2.05, 4.69) is 5.32 Å². The molecule has 2 rings (SSSR count). The minimum Gasteiger partial charge on any atom is -0.326 e. The number of amides is 1. The predicted molar refractivity (Wildman–Crippen MR) is 94.4 cm³/mol. The molecular weight excluding hydrogens is 423 g/mol. The number of carbonyl (C=O) groups is 1. The van der Waals surface area contributed by atoms with Crippen LogP contribution in [0.4, 0.5) is 24.5 Å². The lowest BCUT2D eigenvalue weighted by Crippen LogP contribution is -2.19. The standard InChI is InChI=1S/C15H14F3N3O5S2/c1-9(22)20-10-5-6-14(13(7-10)15(16,17)18)21-28(25,26)12-4-2-3-11(8-12)27(19,23)24/h2-8,21H,1H3,(H,20,22)(H2,19,23,24). The van der Waals surface area contributed by atoms with Gasteiger partial charge in [0.2, 0.25) is 15.9 Å². The van der Waals surface area contributed by atoms with Crippen LogP contribution in [0.3, 0.4) is 0 Å². The summed E-state index contributed by atoms with van der Waals surface area (Å²) in [4.78, 5) is 9.90. The van der Waals surface area contributed by atoms with E-state index in [1.807, 2.05) is 0 Å². The van der Waals surface area contributed by atoms with Crippen molar-refractivity contribution in [2.75, 3.05) is 10.0 Å². The van der Waals surface area contributed by atoms with Gasteiger partial charge in [-0.25, -0.2) is 22.0 Å². The van der Waals surface area contributed by atoms with Crippen LogP contribution in [0, 0.1) is 0 Å². The summed E-state index contributed by atoms with van der Waals surface area (Å²) in [7, 11) is -8.79. The van der Waals surface area contributed by atoms with E-state index in [1.54, 1.807) is 4.72 Å². The van der Waals surface area contributed by atoms with E-state index >= 15 is 0 Å². The van der Waals surface area contributed by atoms with Crippen LogP contribution in [-0.4, -0.2) is 22.7 Å². The highest BCUT2D eigenvalue weighted by molar-refractivity contribution is 7.93. The Balaban J connectivity index is 2.50. The van der Waals surface area contributed by atoms with Crippen LogP contribution in [-0.2, 0) is 31.0 Å². The van der Waals surface area contributed by atoms with Crippen LogP contribution >= 0.6 is 0 Å². The molecule has 0 bridgehead atoms. The van der Waals surface area contributed by atoms with Gasteiger partial charge in [-0.2, -0.15) is 13.2 Å². The van der Waals surface area contributed by atoms with Gasteiger partial charge in [0, 0.05) is 12.6 Å². The molecular formula is C15H14F3N3O5S2. The Kier molecular flexibility index (Phi) is 5.73. The largest absolute Gasteiger partial charge is 0.418 e. The zero-order valence-corrected chi connectivity index (χ0v) is 15.7. The third kappa shape index (κ3) is 5.21. The summed E-state index contributed by atoms with van der Waals surface area (Å²) in [6.45, 7) is 1.10. The number of nitrogens with two attached hydrogens (primary N) is 1. The number of halogens is 3. The third-order valence-corrected chi connectivity index (χ3v) is 5.61. The summed E-state index contributed by atoms with van der Waals surface area (Å²) in [5, 5.41) is 7.10. The summed E-state index contributed by atoms with van der Waals surface area (Å²) in [6, 6.07) is 6.31. The van der Waals surface area contributed by atoms with Crippen LogP contribution in [0.15, 0.2) is 52.3 Å². The normalized spacial score (nSPS) is 12.5. The van der Waals surface area contributed by atoms with E-state index in [4.69, 9.17) is 5.14 Å². The average Bonchev–Trinajstić information content (AvgIpc) is 2.54. The van der Waals surface area contributed by atoms with Gasteiger partial charge < -0.3 is 5.32 Å². The van der Waals surface area contributed by atoms with Crippen molar-refractivity contribution < 1.29 is 34.8 Å². The number of benzene rings is 2. The number of sulfonamides is 2. The van der Waals surface area contributed by atoms with E-state index in [0.717, 1.165) is 43.3 Å². The van der Waals surface area contributed by atoms with Gasteiger partial charge in [0.25, 0.3) is 10.0 Å². The zero-order valence-electron chi connectivity index (χ0n) is 14.1. The topological polar surface area (TPSA) is 135 Å². The highest BCUT2D eigenvalue weighted by Gasteiger charge is 2.35. The number of anilines is 2. The quantitative estimate of drug-likeness (QED) is 0.658. The summed E-state index contributed by atoms with van der Waals surface area (Å²) >= 11 is 0. The number of primary sulfonamides is 1. The van der Waals surface area contributed by atoms with Gasteiger partial charge >= 0.3 is 6.18 Å². The Hall–Kier alpha value is -2.64. The molecule has 0 aromatic heterocycles. The Morgan fingerprint density at radius 1 is 1.00 bits per heavy atom. The molecule has 0 radical (unpaired) electrons. The molecule has 0 saturated heterocycles. The van der Waals surface area contributed by atoms with E-state index in [1.165, 1.54) is 0 Å². The Bertz CT molecular complexity index is 1130. The monoisotopic (exact) mass is 437 g/mol. The first-order chi connectivity index (χ1) is 12.7. The van der Waals surface area contributed by atoms with Crippen LogP contribution in [0.5, 0.6) is 0 Å². The van der Waals surface area contributed by atoms with E-state index in [9.17, 15) is 34.8 Å². The van der Waals surface area contributed by atoms with Crippen molar-refractivity contribution in [3.8, 4) is 0 Å². The van der Waals surface area contributed by atoms with Gasteiger partial charge in [0.1, 0.15) is 0 Å². The molecule has 2 aromatic rings. The van der Waals surface area contributed by atoms with Gasteiger partial charge in [0.05, 0.1) is 21.0 Å². The lowest BCUT2D eigenvalue weighted by Gasteiger charge is -2.16. The van der Waals surface area contributed by atoms with Gasteiger partial charge in [-0.3, -0.25) is 9.52 Å². The molecule has 0 saturated carbocycles. The first-order valence-corrected chi connectivity index (χ1v) is 10.4. The average molecular weight is 437 g/mol. The number of alkyl halides is 3. The molecule has 0 aliphatic carbocycles. The highest BCUT2D eigenvalue weighted by Crippen LogP contribution is 2.37. The Morgan fingerprint density at radius 2 is 1.61 bits per heavy atom. The molecule has 28 heavy (non-hydrogen) atoms. The number of hydrogen-bond donors (Lipinski definition) is 3. The molecule has 2 aromatic carbocycles. The second-order valence-electron chi connectivity index (χ2n) is 5.56. The van der Waals surface area contributed by atoms with Crippen LogP contribution < -0.4 is 15.2 Å². The number of hydrogen-bond acceptors (Lipinski definition) is 5. The first kappa shape index (κ1) is 21.7. The third-order valence-electron chi connectivity index (χ3n) is 3.33. The first-order valence-electron chi connectivity index (χ1n) is 7.35. The Labute approximate surface area is 158 Å². The van der Waals surface area contributed by atoms with Crippen molar-refractivity contribution >= 4 is 37.3 Å². The second kappa shape index (κ2) is 7.41. The maximum atomic E-state index is 13.3. The molecule has 0 heterocycles. The van der Waals surface area contributed by atoms with Crippen LogP contribution in [0.25, 0.3) is 0 Å². The lowest BCUT2D eigenvalue weighted by molar-refractivity contribution is -0.136. The Morgan fingerprint density at radius 3 is 2.14 bits per heavy atom. The number of carbonyl (C=O) groups excluding carboxylic acids is 1. The fourth-order valence-electron chi connectivity index (χ4n) is 2.17. The number of rotatable bonds is 5. The predicted octanol–water partition coefficient (Wildman–Crippen LogP) is 2.11. The minimum atomic E-state index is -4.94. The minimum absolute atomic E-state index is 0.181. The SMILES string of the molecule is CC(=O)Nc1ccc(NS(=O)(=O)c2cccc(S(N)(=O)=O)c2)c(C(F)(F)F)c1. The summed E-state index contributed by atoms with van der Waals surface area (Å²) in [5.74, 6) is -0.610. The van der Waals surface area contributed by atoms with Crippen molar-refractivity contribution in [3.63, 3.8) is 0 Å². The van der Waals surface area contributed by atoms with E-state index in [-0.39, 0.29) is 5.69 Å². The summed E-state index contributed by atoms with van der Waals surface area (Å²) in [6.07, 6.45) is -4.94. The molecule has 13 heteroatoms. The molecule has 0 atom stereocenters. The lowest BCUT2D eigenvalue weighted by atomic mass is 10.1. The molecule has 0 aliphatic rings. The van der Waals surface area contributed by atoms with Gasteiger partial charge in [-0.15, -0.1) is 0 Å². The maximum absolute atomic E-state index is 13.3. The van der Waals surface area contributed by atoms with Crippen molar-refractivity contribution in [1.82, 2.24) is 0 Å². The smallest absolute Gasteiger partial charge is 0.326 e. The van der Waals surface area contributed by atoms with Crippen molar-refractivity contribution in [2.45, 2.75) is 22.9 Å². The molecule has 0 unspecified atom stereocenters. The van der Waals surface area contributed by atoms with Crippen LogP contribution in [0.2, 0.25) is 0 Å².